The van der Waals surface area contributed by atoms with Crippen LogP contribution < -0.4 is 10.9 Å². The number of carbonyl (C=O) groups is 1. The van der Waals surface area contributed by atoms with Crippen LogP contribution in [0.15, 0.2) is 17.2 Å². The van der Waals surface area contributed by atoms with E-state index >= 15 is 0 Å². The van der Waals surface area contributed by atoms with E-state index in [2.05, 4.69) is 10.3 Å². The summed E-state index contributed by atoms with van der Waals surface area (Å²) in [5.74, 6) is -1.13. The minimum absolute atomic E-state index is 0.210. The summed E-state index contributed by atoms with van der Waals surface area (Å²) < 4.78 is 1.52. The number of aliphatic carboxylic acids is 1. The van der Waals surface area contributed by atoms with Gasteiger partial charge in [0.2, 0.25) is 0 Å². The van der Waals surface area contributed by atoms with Crippen LogP contribution in [0.1, 0.15) is 26.7 Å². The molecule has 1 heterocycles. The van der Waals surface area contributed by atoms with Crippen LogP contribution in [-0.4, -0.2) is 27.2 Å². The Morgan fingerprint density at radius 1 is 1.56 bits per heavy atom. The third-order valence-corrected chi connectivity index (χ3v) is 2.76. The molecule has 1 atom stereocenters. The molecule has 1 aromatic rings. The van der Waals surface area contributed by atoms with Gasteiger partial charge in [0.1, 0.15) is 0 Å². The number of aryl methyl sites for hydroxylation is 1. The zero-order valence-electron chi connectivity index (χ0n) is 10.7. The van der Waals surface area contributed by atoms with Crippen molar-refractivity contribution in [3.05, 3.63) is 22.7 Å². The van der Waals surface area contributed by atoms with Crippen molar-refractivity contribution in [2.75, 3.05) is 11.9 Å². The summed E-state index contributed by atoms with van der Waals surface area (Å²) >= 11 is 0. The zero-order valence-corrected chi connectivity index (χ0v) is 10.7. The van der Waals surface area contributed by atoms with E-state index in [1.807, 2.05) is 13.8 Å². The van der Waals surface area contributed by atoms with Crippen LogP contribution in [0, 0.1) is 5.92 Å². The lowest BCUT2D eigenvalue weighted by atomic mass is 10.0. The Hall–Kier alpha value is -1.85. The Bertz CT molecular complexity index is 456. The number of rotatable bonds is 7. The fraction of sp³-hybridized carbons (Fsp3) is 0.583. The number of nitrogens with zero attached hydrogens (tertiary/aromatic N) is 2. The molecule has 100 valence electrons. The van der Waals surface area contributed by atoms with Crippen LogP contribution in [0.2, 0.25) is 0 Å². The van der Waals surface area contributed by atoms with Crippen molar-refractivity contribution < 1.29 is 9.90 Å². The summed E-state index contributed by atoms with van der Waals surface area (Å²) in [6.45, 7) is 4.58. The van der Waals surface area contributed by atoms with E-state index in [-0.39, 0.29) is 17.9 Å². The van der Waals surface area contributed by atoms with Crippen molar-refractivity contribution in [1.82, 2.24) is 9.55 Å². The minimum Gasteiger partial charge on any atom is -0.481 e. The molecule has 18 heavy (non-hydrogen) atoms. The van der Waals surface area contributed by atoms with Crippen LogP contribution in [0.3, 0.4) is 0 Å². The zero-order chi connectivity index (χ0) is 13.5. The molecule has 0 fully saturated rings. The van der Waals surface area contributed by atoms with Gasteiger partial charge in [0, 0.05) is 25.5 Å². The van der Waals surface area contributed by atoms with Gasteiger partial charge in [-0.05, 0) is 13.3 Å². The number of aromatic nitrogens is 2. The lowest BCUT2D eigenvalue weighted by Crippen LogP contribution is -2.28. The molecule has 0 saturated heterocycles. The predicted molar refractivity (Wildman–Crippen MR) is 68.7 cm³/mol. The number of nitrogens with one attached hydrogen (secondary N) is 1. The number of anilines is 1. The minimum atomic E-state index is -0.851. The maximum absolute atomic E-state index is 11.8. The van der Waals surface area contributed by atoms with E-state index in [4.69, 9.17) is 5.11 Å². The molecule has 0 radical (unpaired) electrons. The van der Waals surface area contributed by atoms with Gasteiger partial charge in [-0.2, -0.15) is 0 Å². The SMILES string of the molecule is CCCC(CNc1nccn(CC)c1=O)C(=O)O. The second kappa shape index (κ2) is 6.78. The van der Waals surface area contributed by atoms with Gasteiger partial charge >= 0.3 is 5.97 Å². The van der Waals surface area contributed by atoms with Crippen LogP contribution in [0.4, 0.5) is 5.82 Å². The van der Waals surface area contributed by atoms with Crippen molar-refractivity contribution in [3.8, 4) is 0 Å². The van der Waals surface area contributed by atoms with Crippen LogP contribution in [-0.2, 0) is 11.3 Å². The standard InChI is InChI=1S/C12H19N3O3/c1-3-5-9(12(17)18)8-14-10-11(16)15(4-2)7-6-13-10/h6-7,9H,3-5,8H2,1-2H3,(H,13,14)(H,17,18). The summed E-state index contributed by atoms with van der Waals surface area (Å²) in [4.78, 5) is 26.7. The Balaban J connectivity index is 2.73. The highest BCUT2D eigenvalue weighted by molar-refractivity contribution is 5.70. The fourth-order valence-electron chi connectivity index (χ4n) is 1.70. The molecular formula is C12H19N3O3. The molecule has 0 aliphatic rings. The van der Waals surface area contributed by atoms with E-state index < -0.39 is 11.9 Å². The monoisotopic (exact) mass is 253 g/mol. The number of carboxylic acid groups (broad SMARTS) is 1. The van der Waals surface area contributed by atoms with Gasteiger partial charge in [0.15, 0.2) is 5.82 Å². The van der Waals surface area contributed by atoms with Crippen LogP contribution in [0.25, 0.3) is 0 Å². The highest BCUT2D eigenvalue weighted by Crippen LogP contribution is 2.07. The van der Waals surface area contributed by atoms with Crippen LogP contribution >= 0.6 is 0 Å². The van der Waals surface area contributed by atoms with E-state index in [9.17, 15) is 9.59 Å². The van der Waals surface area contributed by atoms with Crippen molar-refractivity contribution >= 4 is 11.8 Å². The molecule has 6 heteroatoms. The first-order chi connectivity index (χ1) is 8.60. The quantitative estimate of drug-likeness (QED) is 0.762. The normalized spacial score (nSPS) is 12.1. The molecule has 0 spiro atoms. The smallest absolute Gasteiger partial charge is 0.308 e. The molecule has 0 amide bonds. The first-order valence-corrected chi connectivity index (χ1v) is 6.12. The molecule has 6 nitrogen and oxygen atoms in total. The molecule has 1 rings (SSSR count). The summed E-state index contributed by atoms with van der Waals surface area (Å²) in [5, 5.41) is 11.8. The van der Waals surface area contributed by atoms with Gasteiger partial charge in [-0.15, -0.1) is 0 Å². The van der Waals surface area contributed by atoms with Gasteiger partial charge < -0.3 is 15.0 Å². The Morgan fingerprint density at radius 3 is 2.83 bits per heavy atom. The Morgan fingerprint density at radius 2 is 2.28 bits per heavy atom. The van der Waals surface area contributed by atoms with Crippen LogP contribution in [0.5, 0.6) is 0 Å². The lowest BCUT2D eigenvalue weighted by molar-refractivity contribution is -0.141. The van der Waals surface area contributed by atoms with Crippen molar-refractivity contribution in [2.24, 2.45) is 5.92 Å². The van der Waals surface area contributed by atoms with Crippen molar-refractivity contribution in [2.45, 2.75) is 33.2 Å². The average Bonchev–Trinajstić information content (AvgIpc) is 2.35. The molecule has 0 aliphatic carbocycles. The third-order valence-electron chi connectivity index (χ3n) is 2.76. The third kappa shape index (κ3) is 3.58. The molecule has 0 saturated carbocycles. The van der Waals surface area contributed by atoms with Gasteiger partial charge in [-0.25, -0.2) is 4.98 Å². The predicted octanol–water partition coefficient (Wildman–Crippen LogP) is 1.18. The molecule has 0 aliphatic heterocycles. The highest BCUT2D eigenvalue weighted by Gasteiger charge is 2.16. The Labute approximate surface area is 106 Å². The molecule has 0 bridgehead atoms. The summed E-state index contributed by atoms with van der Waals surface area (Å²) in [6.07, 6.45) is 4.51. The largest absolute Gasteiger partial charge is 0.481 e. The van der Waals surface area contributed by atoms with E-state index in [0.29, 0.717) is 13.0 Å². The first-order valence-electron chi connectivity index (χ1n) is 6.12. The number of carboxylic acids is 1. The topological polar surface area (TPSA) is 84.2 Å². The van der Waals surface area contributed by atoms with Crippen molar-refractivity contribution in [1.29, 1.82) is 0 Å². The van der Waals surface area contributed by atoms with E-state index in [1.54, 1.807) is 6.20 Å². The molecular weight excluding hydrogens is 234 g/mol. The summed E-state index contributed by atoms with van der Waals surface area (Å²) in [6, 6.07) is 0. The van der Waals surface area contributed by atoms with Crippen molar-refractivity contribution in [3.63, 3.8) is 0 Å². The molecule has 1 unspecified atom stereocenters. The van der Waals surface area contributed by atoms with Gasteiger partial charge in [0.25, 0.3) is 5.56 Å². The average molecular weight is 253 g/mol. The number of hydrogen-bond donors (Lipinski definition) is 2. The second-order valence-corrected chi connectivity index (χ2v) is 4.07. The fourth-order valence-corrected chi connectivity index (χ4v) is 1.70. The first kappa shape index (κ1) is 14.2. The summed E-state index contributed by atoms with van der Waals surface area (Å²) in [5.41, 5.74) is -0.222. The van der Waals surface area contributed by atoms with Gasteiger partial charge in [-0.3, -0.25) is 9.59 Å². The molecule has 2 N–H and O–H groups in total. The number of hydrogen-bond acceptors (Lipinski definition) is 4. The molecule has 1 aromatic heterocycles. The van der Waals surface area contributed by atoms with E-state index in [1.165, 1.54) is 10.8 Å². The van der Waals surface area contributed by atoms with Gasteiger partial charge in [-0.1, -0.05) is 13.3 Å². The highest BCUT2D eigenvalue weighted by atomic mass is 16.4. The maximum atomic E-state index is 11.8. The molecule has 0 aromatic carbocycles. The maximum Gasteiger partial charge on any atom is 0.308 e. The lowest BCUT2D eigenvalue weighted by Gasteiger charge is -2.12. The summed E-state index contributed by atoms with van der Waals surface area (Å²) in [7, 11) is 0. The second-order valence-electron chi connectivity index (χ2n) is 4.07. The Kier molecular flexibility index (Phi) is 5.35. The van der Waals surface area contributed by atoms with Gasteiger partial charge in [0.05, 0.1) is 5.92 Å². The van der Waals surface area contributed by atoms with E-state index in [0.717, 1.165) is 6.42 Å².